The zero-order valence-electron chi connectivity index (χ0n) is 14.9. The van der Waals surface area contributed by atoms with Gasteiger partial charge in [0, 0.05) is 18.0 Å². The largest absolute Gasteiger partial charge is 0.447 e. The van der Waals surface area contributed by atoms with Gasteiger partial charge in [-0.25, -0.2) is 0 Å². The lowest BCUT2D eigenvalue weighted by Crippen LogP contribution is -2.36. The molecule has 26 heavy (non-hydrogen) atoms. The summed E-state index contributed by atoms with van der Waals surface area (Å²) in [5.41, 5.74) is 2.09. The molecule has 4 nitrogen and oxygen atoms in total. The molecular weight excluding hydrogens is 326 g/mol. The van der Waals surface area contributed by atoms with Crippen LogP contribution >= 0.6 is 0 Å². The first-order chi connectivity index (χ1) is 12.8. The minimum atomic E-state index is -0.393. The van der Waals surface area contributed by atoms with Crippen molar-refractivity contribution in [2.24, 2.45) is 0 Å². The van der Waals surface area contributed by atoms with Crippen molar-refractivity contribution < 1.29 is 14.3 Å². The molecule has 0 aromatic heterocycles. The van der Waals surface area contributed by atoms with Gasteiger partial charge < -0.3 is 14.8 Å². The van der Waals surface area contributed by atoms with Crippen molar-refractivity contribution in [2.45, 2.75) is 57.3 Å². The number of ether oxygens (including phenoxy) is 2. The van der Waals surface area contributed by atoms with Crippen LogP contribution in [0.3, 0.4) is 0 Å². The molecule has 1 amide bonds. The molecule has 0 bridgehead atoms. The molecule has 2 aromatic carbocycles. The highest BCUT2D eigenvalue weighted by molar-refractivity contribution is 5.76. The van der Waals surface area contributed by atoms with Crippen LogP contribution in [0.1, 0.15) is 55.9 Å². The molecule has 1 aliphatic carbocycles. The number of rotatable bonds is 5. The molecule has 1 atom stereocenters. The highest BCUT2D eigenvalue weighted by Gasteiger charge is 2.25. The minimum absolute atomic E-state index is 0.150. The number of amides is 1. The van der Waals surface area contributed by atoms with Crippen molar-refractivity contribution in [1.29, 1.82) is 0 Å². The molecule has 1 saturated carbocycles. The van der Waals surface area contributed by atoms with Crippen LogP contribution in [-0.2, 0) is 11.2 Å². The Bertz CT molecular complexity index is 753. The maximum Gasteiger partial charge on any atom is 0.267 e. The molecule has 4 rings (SSSR count). The van der Waals surface area contributed by atoms with Crippen molar-refractivity contribution >= 4 is 5.91 Å². The Balaban J connectivity index is 1.32. The number of aryl methyl sites for hydroxylation is 1. The topological polar surface area (TPSA) is 47.6 Å². The SMILES string of the molecule is O=C(CCc1ccc2c(c1)OC(c1ccccc1)O2)NC1CCCCC1. The van der Waals surface area contributed by atoms with Crippen LogP contribution in [0.2, 0.25) is 0 Å². The van der Waals surface area contributed by atoms with E-state index in [9.17, 15) is 4.79 Å². The molecular formula is C22H25NO3. The molecule has 1 unspecified atom stereocenters. The highest BCUT2D eigenvalue weighted by Crippen LogP contribution is 2.40. The van der Waals surface area contributed by atoms with Gasteiger partial charge in [-0.05, 0) is 37.0 Å². The van der Waals surface area contributed by atoms with Gasteiger partial charge in [-0.3, -0.25) is 4.79 Å². The van der Waals surface area contributed by atoms with Crippen molar-refractivity contribution in [2.75, 3.05) is 0 Å². The predicted octanol–water partition coefficient (Wildman–Crippen LogP) is 4.54. The normalized spacial score (nSPS) is 19.3. The first-order valence-corrected chi connectivity index (χ1v) is 9.58. The van der Waals surface area contributed by atoms with Gasteiger partial charge in [0.25, 0.3) is 6.29 Å². The molecule has 0 saturated heterocycles. The second-order valence-electron chi connectivity index (χ2n) is 7.16. The number of carbonyl (C=O) groups excluding carboxylic acids is 1. The molecule has 0 spiro atoms. The first kappa shape index (κ1) is 17.0. The smallest absolute Gasteiger partial charge is 0.267 e. The zero-order chi connectivity index (χ0) is 17.8. The van der Waals surface area contributed by atoms with Gasteiger partial charge >= 0.3 is 0 Å². The third-order valence-corrected chi connectivity index (χ3v) is 5.16. The summed E-state index contributed by atoms with van der Waals surface area (Å²) in [5, 5.41) is 3.18. The summed E-state index contributed by atoms with van der Waals surface area (Å²) in [5.74, 6) is 1.66. The Hall–Kier alpha value is -2.49. The lowest BCUT2D eigenvalue weighted by atomic mass is 9.95. The Kier molecular flexibility index (Phi) is 5.09. The average Bonchev–Trinajstić information content (AvgIpc) is 3.11. The number of nitrogens with one attached hydrogen (secondary N) is 1. The minimum Gasteiger partial charge on any atom is -0.447 e. The fraction of sp³-hybridized carbons (Fsp3) is 0.409. The van der Waals surface area contributed by atoms with Gasteiger partial charge in [-0.2, -0.15) is 0 Å². The van der Waals surface area contributed by atoms with Crippen LogP contribution in [0, 0.1) is 0 Å². The van der Waals surface area contributed by atoms with Crippen LogP contribution in [0.5, 0.6) is 11.5 Å². The van der Waals surface area contributed by atoms with E-state index in [2.05, 4.69) is 5.32 Å². The molecule has 1 heterocycles. The van der Waals surface area contributed by atoms with E-state index in [1.807, 2.05) is 48.5 Å². The van der Waals surface area contributed by atoms with Crippen molar-refractivity contribution in [3.8, 4) is 11.5 Å². The number of fused-ring (bicyclic) bond motifs is 1. The van der Waals surface area contributed by atoms with E-state index >= 15 is 0 Å². The second-order valence-corrected chi connectivity index (χ2v) is 7.16. The van der Waals surface area contributed by atoms with Gasteiger partial charge in [-0.1, -0.05) is 55.7 Å². The number of hydrogen-bond donors (Lipinski definition) is 1. The molecule has 136 valence electrons. The average molecular weight is 351 g/mol. The fourth-order valence-electron chi connectivity index (χ4n) is 3.70. The predicted molar refractivity (Wildman–Crippen MR) is 100 cm³/mol. The summed E-state index contributed by atoms with van der Waals surface area (Å²) >= 11 is 0. The van der Waals surface area contributed by atoms with Crippen molar-refractivity contribution in [3.05, 3.63) is 59.7 Å². The van der Waals surface area contributed by atoms with E-state index in [-0.39, 0.29) is 5.91 Å². The van der Waals surface area contributed by atoms with Crippen molar-refractivity contribution in [1.82, 2.24) is 5.32 Å². The summed E-state index contributed by atoms with van der Waals surface area (Å²) in [6, 6.07) is 16.2. The monoisotopic (exact) mass is 351 g/mol. The highest BCUT2D eigenvalue weighted by atomic mass is 16.7. The van der Waals surface area contributed by atoms with Gasteiger partial charge in [-0.15, -0.1) is 0 Å². The van der Waals surface area contributed by atoms with E-state index in [1.165, 1.54) is 19.3 Å². The summed E-state index contributed by atoms with van der Waals surface area (Å²) in [6.45, 7) is 0. The molecule has 0 radical (unpaired) electrons. The van der Waals surface area contributed by atoms with E-state index < -0.39 is 6.29 Å². The van der Waals surface area contributed by atoms with E-state index in [0.29, 0.717) is 18.9 Å². The molecule has 1 aliphatic heterocycles. The van der Waals surface area contributed by atoms with Gasteiger partial charge in [0.15, 0.2) is 11.5 Å². The standard InChI is InChI=1S/C22H25NO3/c24-21(23-18-9-5-2-6-10-18)14-12-16-11-13-19-20(15-16)26-22(25-19)17-7-3-1-4-8-17/h1,3-4,7-8,11,13,15,18,22H,2,5-6,9-10,12,14H2,(H,23,24). The van der Waals surface area contributed by atoms with Crippen LogP contribution in [0.4, 0.5) is 0 Å². The quantitative estimate of drug-likeness (QED) is 0.860. The molecule has 1 N–H and O–H groups in total. The maximum absolute atomic E-state index is 12.2. The zero-order valence-corrected chi connectivity index (χ0v) is 14.9. The Labute approximate surface area is 154 Å². The van der Waals surface area contributed by atoms with Crippen molar-refractivity contribution in [3.63, 3.8) is 0 Å². The molecule has 1 fully saturated rings. The number of hydrogen-bond acceptors (Lipinski definition) is 3. The summed E-state index contributed by atoms with van der Waals surface area (Å²) in [4.78, 5) is 12.2. The molecule has 4 heteroatoms. The summed E-state index contributed by atoms with van der Waals surface area (Å²) in [7, 11) is 0. The van der Waals surface area contributed by atoms with Crippen LogP contribution in [-0.4, -0.2) is 11.9 Å². The third-order valence-electron chi connectivity index (χ3n) is 5.16. The van der Waals surface area contributed by atoms with Gasteiger partial charge in [0.05, 0.1) is 0 Å². The van der Waals surface area contributed by atoms with Gasteiger partial charge in [0.2, 0.25) is 5.91 Å². The van der Waals surface area contributed by atoms with Crippen LogP contribution < -0.4 is 14.8 Å². The van der Waals surface area contributed by atoms with E-state index in [4.69, 9.17) is 9.47 Å². The van der Waals surface area contributed by atoms with E-state index in [0.717, 1.165) is 35.5 Å². The van der Waals surface area contributed by atoms with Crippen LogP contribution in [0.15, 0.2) is 48.5 Å². The van der Waals surface area contributed by atoms with E-state index in [1.54, 1.807) is 0 Å². The lowest BCUT2D eigenvalue weighted by Gasteiger charge is -2.22. The van der Waals surface area contributed by atoms with Crippen LogP contribution in [0.25, 0.3) is 0 Å². The Morgan fingerprint density at radius 2 is 1.73 bits per heavy atom. The van der Waals surface area contributed by atoms with Gasteiger partial charge in [0.1, 0.15) is 0 Å². The lowest BCUT2D eigenvalue weighted by molar-refractivity contribution is -0.121. The summed E-state index contributed by atoms with van der Waals surface area (Å²) in [6.07, 6.45) is 6.84. The Morgan fingerprint density at radius 1 is 0.962 bits per heavy atom. The molecule has 2 aromatic rings. The number of benzene rings is 2. The third kappa shape index (κ3) is 4.01. The fourth-order valence-corrected chi connectivity index (χ4v) is 3.70. The number of carbonyl (C=O) groups is 1. The Morgan fingerprint density at radius 3 is 2.54 bits per heavy atom. The summed E-state index contributed by atoms with van der Waals surface area (Å²) < 4.78 is 11.8. The molecule has 2 aliphatic rings. The maximum atomic E-state index is 12.2. The first-order valence-electron chi connectivity index (χ1n) is 9.58. The second kappa shape index (κ2) is 7.81.